The van der Waals surface area contributed by atoms with E-state index in [2.05, 4.69) is 20.8 Å². The molecule has 1 N–H and O–H groups in total. The highest BCUT2D eigenvalue weighted by atomic mass is 19.3. The summed E-state index contributed by atoms with van der Waals surface area (Å²) in [7, 11) is 1.77. The maximum Gasteiger partial charge on any atom is 0.261 e. The van der Waals surface area contributed by atoms with Crippen molar-refractivity contribution < 1.29 is 13.5 Å². The number of nitrogens with zero attached hydrogens (tertiary/aromatic N) is 4. The lowest BCUT2D eigenvalue weighted by Crippen LogP contribution is -2.17. The lowest BCUT2D eigenvalue weighted by Gasteiger charge is -2.05. The van der Waals surface area contributed by atoms with Crippen LogP contribution in [-0.2, 0) is 17.8 Å². The molecule has 0 bridgehead atoms. The van der Waals surface area contributed by atoms with Gasteiger partial charge in [-0.15, -0.1) is 5.10 Å². The Hall–Kier alpha value is -1.15. The van der Waals surface area contributed by atoms with Gasteiger partial charge in [-0.2, -0.15) is 0 Å². The van der Waals surface area contributed by atoms with Crippen LogP contribution in [0.1, 0.15) is 5.82 Å². The molecule has 0 atom stereocenters. The fraction of sp³-hybridized carbons (Fsp3) is 0.857. The second-order valence-corrected chi connectivity index (χ2v) is 2.81. The summed E-state index contributed by atoms with van der Waals surface area (Å²) in [5.74, 6) is 0.651. The molecule has 0 aliphatic rings. The zero-order valence-corrected chi connectivity index (χ0v) is 8.36. The van der Waals surface area contributed by atoms with Crippen LogP contribution in [0.4, 0.5) is 8.78 Å². The van der Waals surface area contributed by atoms with E-state index in [1.807, 2.05) is 0 Å². The minimum absolute atomic E-state index is 0.173. The molecule has 1 aromatic heterocycles. The molecule has 1 rings (SSSR count). The van der Waals surface area contributed by atoms with E-state index in [9.17, 15) is 8.78 Å². The van der Waals surface area contributed by atoms with E-state index < -0.39 is 13.0 Å². The number of aromatic nitrogens is 4. The molecule has 1 aromatic rings. The van der Waals surface area contributed by atoms with Crippen molar-refractivity contribution in [3.63, 3.8) is 0 Å². The van der Waals surface area contributed by atoms with Crippen LogP contribution in [0.3, 0.4) is 0 Å². The predicted octanol–water partition coefficient (Wildman–Crippen LogP) is -0.326. The Labute approximate surface area is 85.6 Å². The van der Waals surface area contributed by atoms with E-state index >= 15 is 0 Å². The molecular formula is C7H13F2N5O. The molecule has 0 aliphatic carbocycles. The summed E-state index contributed by atoms with van der Waals surface area (Å²) >= 11 is 0. The van der Waals surface area contributed by atoms with Crippen LogP contribution in [-0.4, -0.2) is 46.9 Å². The van der Waals surface area contributed by atoms with Crippen molar-refractivity contribution in [2.24, 2.45) is 0 Å². The fourth-order valence-electron chi connectivity index (χ4n) is 1.01. The number of tetrazole rings is 1. The molecule has 0 radical (unpaired) electrons. The van der Waals surface area contributed by atoms with Crippen molar-refractivity contribution in [3.05, 3.63) is 5.82 Å². The van der Waals surface area contributed by atoms with Crippen molar-refractivity contribution in [3.8, 4) is 0 Å². The smallest absolute Gasteiger partial charge is 0.261 e. The van der Waals surface area contributed by atoms with E-state index in [-0.39, 0.29) is 6.61 Å². The molecular weight excluding hydrogens is 208 g/mol. The molecule has 6 nitrogen and oxygen atoms in total. The standard InChI is InChI=1S/C7H13F2N5O/c1-10-4-7-11-12-13-14(7)2-3-15-5-6(8)9/h6,10H,2-5H2,1H3. The Morgan fingerprint density at radius 1 is 1.53 bits per heavy atom. The molecule has 0 saturated carbocycles. The third kappa shape index (κ3) is 4.26. The van der Waals surface area contributed by atoms with Crippen LogP contribution in [0.2, 0.25) is 0 Å². The topological polar surface area (TPSA) is 64.9 Å². The van der Waals surface area contributed by atoms with Gasteiger partial charge in [0.25, 0.3) is 6.43 Å². The summed E-state index contributed by atoms with van der Waals surface area (Å²) in [5.41, 5.74) is 0. The molecule has 0 amide bonds. The van der Waals surface area contributed by atoms with Crippen molar-refractivity contribution in [2.75, 3.05) is 20.3 Å². The summed E-state index contributed by atoms with van der Waals surface area (Å²) in [6, 6.07) is 0. The largest absolute Gasteiger partial charge is 0.374 e. The quantitative estimate of drug-likeness (QED) is 0.639. The number of alkyl halides is 2. The van der Waals surface area contributed by atoms with Crippen LogP contribution in [0.5, 0.6) is 0 Å². The molecule has 0 saturated heterocycles. The first kappa shape index (κ1) is 11.9. The fourth-order valence-corrected chi connectivity index (χ4v) is 1.01. The highest BCUT2D eigenvalue weighted by molar-refractivity contribution is 4.78. The second kappa shape index (κ2) is 6.36. The van der Waals surface area contributed by atoms with Crippen molar-refractivity contribution in [2.45, 2.75) is 19.5 Å². The van der Waals surface area contributed by atoms with Gasteiger partial charge in [0, 0.05) is 0 Å². The minimum atomic E-state index is -2.43. The zero-order chi connectivity index (χ0) is 11.1. The van der Waals surface area contributed by atoms with Gasteiger partial charge in [-0.05, 0) is 17.5 Å². The molecule has 15 heavy (non-hydrogen) atoms. The van der Waals surface area contributed by atoms with Crippen LogP contribution < -0.4 is 5.32 Å². The summed E-state index contributed by atoms with van der Waals surface area (Å²) in [5, 5.41) is 13.8. The lowest BCUT2D eigenvalue weighted by atomic mass is 10.5. The third-order valence-corrected chi connectivity index (χ3v) is 1.63. The molecule has 0 fully saturated rings. The summed E-state index contributed by atoms with van der Waals surface area (Å²) in [6.45, 7) is 0.522. The van der Waals surface area contributed by atoms with Gasteiger partial charge in [0.2, 0.25) is 0 Å². The average molecular weight is 221 g/mol. The number of hydrogen-bond acceptors (Lipinski definition) is 5. The lowest BCUT2D eigenvalue weighted by molar-refractivity contribution is 0.0136. The first-order valence-corrected chi connectivity index (χ1v) is 4.49. The van der Waals surface area contributed by atoms with Gasteiger partial charge in [0.15, 0.2) is 5.82 Å². The van der Waals surface area contributed by atoms with E-state index in [0.717, 1.165) is 0 Å². The number of hydrogen-bond donors (Lipinski definition) is 1. The van der Waals surface area contributed by atoms with E-state index in [1.54, 1.807) is 7.05 Å². The van der Waals surface area contributed by atoms with Gasteiger partial charge >= 0.3 is 0 Å². The van der Waals surface area contributed by atoms with Crippen LogP contribution in [0.15, 0.2) is 0 Å². The van der Waals surface area contributed by atoms with E-state index in [4.69, 9.17) is 4.74 Å². The number of rotatable bonds is 7. The summed E-state index contributed by atoms with van der Waals surface area (Å²) < 4.78 is 29.7. The predicted molar refractivity (Wildman–Crippen MR) is 47.4 cm³/mol. The van der Waals surface area contributed by atoms with Crippen LogP contribution in [0, 0.1) is 0 Å². The maximum absolute atomic E-state index is 11.7. The van der Waals surface area contributed by atoms with Gasteiger partial charge in [0.05, 0.1) is 19.7 Å². The average Bonchev–Trinajstić information content (AvgIpc) is 2.61. The Bertz CT molecular complexity index is 280. The van der Waals surface area contributed by atoms with E-state index in [0.29, 0.717) is 18.9 Å². The maximum atomic E-state index is 11.7. The SMILES string of the molecule is CNCc1nnnn1CCOCC(F)F. The van der Waals surface area contributed by atoms with Crippen LogP contribution >= 0.6 is 0 Å². The zero-order valence-electron chi connectivity index (χ0n) is 8.36. The minimum Gasteiger partial charge on any atom is -0.374 e. The van der Waals surface area contributed by atoms with Gasteiger partial charge in [-0.1, -0.05) is 0 Å². The Kier molecular flexibility index (Phi) is 5.05. The van der Waals surface area contributed by atoms with Crippen molar-refractivity contribution in [1.29, 1.82) is 0 Å². The highest BCUT2D eigenvalue weighted by Gasteiger charge is 2.05. The first-order chi connectivity index (χ1) is 7.24. The number of halogens is 2. The molecule has 0 unspecified atom stereocenters. The highest BCUT2D eigenvalue weighted by Crippen LogP contribution is 1.95. The summed E-state index contributed by atoms with van der Waals surface area (Å²) in [6.07, 6.45) is -2.43. The summed E-state index contributed by atoms with van der Waals surface area (Å²) in [4.78, 5) is 0. The van der Waals surface area contributed by atoms with Crippen molar-refractivity contribution in [1.82, 2.24) is 25.5 Å². The molecule has 1 heterocycles. The Morgan fingerprint density at radius 3 is 3.00 bits per heavy atom. The first-order valence-electron chi connectivity index (χ1n) is 4.49. The van der Waals surface area contributed by atoms with Crippen LogP contribution in [0.25, 0.3) is 0 Å². The molecule has 0 aromatic carbocycles. The van der Waals surface area contributed by atoms with Gasteiger partial charge in [0.1, 0.15) is 6.61 Å². The second-order valence-electron chi connectivity index (χ2n) is 2.81. The van der Waals surface area contributed by atoms with Gasteiger partial charge < -0.3 is 10.1 Å². The van der Waals surface area contributed by atoms with Crippen molar-refractivity contribution >= 4 is 0 Å². The number of ether oxygens (including phenoxy) is 1. The normalized spacial score (nSPS) is 11.2. The molecule has 0 spiro atoms. The monoisotopic (exact) mass is 221 g/mol. The molecule has 86 valence electrons. The Balaban J connectivity index is 2.27. The van der Waals surface area contributed by atoms with Gasteiger partial charge in [-0.3, -0.25) is 0 Å². The molecule has 8 heteroatoms. The third-order valence-electron chi connectivity index (χ3n) is 1.63. The van der Waals surface area contributed by atoms with E-state index in [1.165, 1.54) is 4.68 Å². The molecule has 0 aliphatic heterocycles. The van der Waals surface area contributed by atoms with Gasteiger partial charge in [-0.25, -0.2) is 13.5 Å². The Morgan fingerprint density at radius 2 is 2.33 bits per heavy atom. The number of nitrogens with one attached hydrogen (secondary N) is 1.